The van der Waals surface area contributed by atoms with Crippen LogP contribution in [0.4, 0.5) is 0 Å². The molecule has 0 bridgehead atoms. The fourth-order valence-corrected chi connectivity index (χ4v) is 4.16. The molecule has 1 N–H and O–H groups in total. The smallest absolute Gasteiger partial charge is 0.252 e. The van der Waals surface area contributed by atoms with Crippen LogP contribution in [0.25, 0.3) is 0 Å². The minimum Gasteiger partial charge on any atom is -0.352 e. The van der Waals surface area contributed by atoms with Gasteiger partial charge >= 0.3 is 0 Å². The highest BCUT2D eigenvalue weighted by molar-refractivity contribution is 7.98. The molecular weight excluding hydrogens is 304 g/mol. The van der Waals surface area contributed by atoms with E-state index < -0.39 is 0 Å². The summed E-state index contributed by atoms with van der Waals surface area (Å²) in [5.74, 6) is 1.69. The summed E-state index contributed by atoms with van der Waals surface area (Å²) in [6.07, 6.45) is 5.57. The van der Waals surface area contributed by atoms with Gasteiger partial charge in [-0.2, -0.15) is 0 Å². The number of thioether (sulfide) groups is 1. The third-order valence-electron chi connectivity index (χ3n) is 4.48. The second-order valence-electron chi connectivity index (χ2n) is 6.87. The zero-order chi connectivity index (χ0) is 16.7. The van der Waals surface area contributed by atoms with E-state index in [0.717, 1.165) is 48.2 Å². The molecule has 0 saturated carbocycles. The molecule has 128 valence electrons. The monoisotopic (exact) mass is 334 g/mol. The fourth-order valence-electron chi connectivity index (χ4n) is 3.56. The highest BCUT2D eigenvalue weighted by Gasteiger charge is 2.20. The number of rotatable bonds is 7. The maximum absolute atomic E-state index is 12.2. The number of carbonyl (C=O) groups excluding carboxylic acids is 1. The van der Waals surface area contributed by atoms with Crippen molar-refractivity contribution in [3.05, 3.63) is 29.8 Å². The second-order valence-corrected chi connectivity index (χ2v) is 7.72. The maximum Gasteiger partial charge on any atom is 0.252 e. The Labute approximate surface area is 145 Å². The highest BCUT2D eigenvalue weighted by Crippen LogP contribution is 2.21. The van der Waals surface area contributed by atoms with Gasteiger partial charge in [0, 0.05) is 24.5 Å². The van der Waals surface area contributed by atoms with Crippen molar-refractivity contribution in [1.29, 1.82) is 0 Å². The molecule has 1 fully saturated rings. The largest absolute Gasteiger partial charge is 0.352 e. The van der Waals surface area contributed by atoms with Crippen LogP contribution in [0, 0.1) is 11.8 Å². The summed E-state index contributed by atoms with van der Waals surface area (Å²) >= 11 is 1.62. The van der Waals surface area contributed by atoms with Gasteiger partial charge in [0.05, 0.1) is 5.56 Å². The number of nitrogens with one attached hydrogen (secondary N) is 1. The number of nitrogens with zero attached hydrogens (tertiary/aromatic N) is 1. The van der Waals surface area contributed by atoms with E-state index in [1.807, 2.05) is 30.5 Å². The van der Waals surface area contributed by atoms with Gasteiger partial charge in [0.15, 0.2) is 0 Å². The predicted octanol–water partition coefficient (Wildman–Crippen LogP) is 3.90. The van der Waals surface area contributed by atoms with Crippen LogP contribution >= 0.6 is 11.8 Å². The van der Waals surface area contributed by atoms with Crippen molar-refractivity contribution in [2.24, 2.45) is 11.8 Å². The third-order valence-corrected chi connectivity index (χ3v) is 5.28. The van der Waals surface area contributed by atoms with Gasteiger partial charge in [-0.05, 0) is 56.0 Å². The molecule has 1 aliphatic heterocycles. The number of piperidine rings is 1. The standard InChI is InChI=1S/C19H30N2OS/c1-15-12-16(2)14-21(13-15)11-7-6-10-20-19(22)17-8-4-5-9-18(17)23-3/h4-5,8-9,15-16H,6-7,10-14H2,1-3H3,(H,20,22)/t15-,16+. The molecule has 3 nitrogen and oxygen atoms in total. The van der Waals surface area contributed by atoms with Crippen molar-refractivity contribution in [3.63, 3.8) is 0 Å². The van der Waals surface area contributed by atoms with Crippen LogP contribution < -0.4 is 5.32 Å². The molecule has 1 amide bonds. The first kappa shape index (κ1) is 18.3. The third kappa shape index (κ3) is 5.85. The molecule has 1 heterocycles. The van der Waals surface area contributed by atoms with Crippen LogP contribution in [-0.2, 0) is 0 Å². The summed E-state index contributed by atoms with van der Waals surface area (Å²) in [5.41, 5.74) is 0.790. The van der Waals surface area contributed by atoms with Gasteiger partial charge in [-0.15, -0.1) is 11.8 Å². The Balaban J connectivity index is 1.66. The molecule has 1 aromatic carbocycles. The molecule has 1 aromatic rings. The quantitative estimate of drug-likeness (QED) is 0.606. The van der Waals surface area contributed by atoms with Crippen LogP contribution in [0.2, 0.25) is 0 Å². The lowest BCUT2D eigenvalue weighted by Gasteiger charge is -2.34. The first-order valence-electron chi connectivity index (χ1n) is 8.73. The Bertz CT molecular complexity index is 496. The topological polar surface area (TPSA) is 32.3 Å². The number of hydrogen-bond donors (Lipinski definition) is 1. The Morgan fingerprint density at radius 1 is 1.22 bits per heavy atom. The fraction of sp³-hybridized carbons (Fsp3) is 0.632. The van der Waals surface area contributed by atoms with Gasteiger partial charge in [0.1, 0.15) is 0 Å². The zero-order valence-electron chi connectivity index (χ0n) is 14.7. The summed E-state index contributed by atoms with van der Waals surface area (Å²) in [6, 6.07) is 7.80. The van der Waals surface area contributed by atoms with Crippen LogP contribution in [0.15, 0.2) is 29.2 Å². The van der Waals surface area contributed by atoms with Gasteiger partial charge in [-0.1, -0.05) is 26.0 Å². The number of likely N-dealkylation sites (tertiary alicyclic amines) is 1. The van der Waals surface area contributed by atoms with E-state index in [4.69, 9.17) is 0 Å². The van der Waals surface area contributed by atoms with E-state index in [9.17, 15) is 4.79 Å². The van der Waals surface area contributed by atoms with E-state index in [0.29, 0.717) is 0 Å². The summed E-state index contributed by atoms with van der Waals surface area (Å²) in [5, 5.41) is 3.06. The van der Waals surface area contributed by atoms with Crippen LogP contribution in [0.1, 0.15) is 43.5 Å². The lowest BCUT2D eigenvalue weighted by molar-refractivity contribution is 0.0948. The molecular formula is C19H30N2OS. The number of carbonyl (C=O) groups is 1. The second kappa shape index (κ2) is 9.33. The van der Waals surface area contributed by atoms with E-state index in [2.05, 4.69) is 24.1 Å². The molecule has 1 aliphatic rings. The predicted molar refractivity (Wildman–Crippen MR) is 99.2 cm³/mol. The number of benzene rings is 1. The van der Waals surface area contributed by atoms with Crippen molar-refractivity contribution < 1.29 is 4.79 Å². The van der Waals surface area contributed by atoms with Crippen LogP contribution in [-0.4, -0.2) is 43.2 Å². The Morgan fingerprint density at radius 2 is 1.91 bits per heavy atom. The molecule has 2 rings (SSSR count). The zero-order valence-corrected chi connectivity index (χ0v) is 15.5. The van der Waals surface area contributed by atoms with Crippen LogP contribution in [0.5, 0.6) is 0 Å². The lowest BCUT2D eigenvalue weighted by Crippen LogP contribution is -2.39. The van der Waals surface area contributed by atoms with E-state index in [-0.39, 0.29) is 5.91 Å². The first-order chi connectivity index (χ1) is 11.1. The molecule has 0 unspecified atom stereocenters. The molecule has 0 aliphatic carbocycles. The average Bonchev–Trinajstić information content (AvgIpc) is 2.53. The first-order valence-corrected chi connectivity index (χ1v) is 9.96. The molecule has 0 radical (unpaired) electrons. The lowest BCUT2D eigenvalue weighted by atomic mass is 9.92. The van der Waals surface area contributed by atoms with Crippen molar-refractivity contribution in [1.82, 2.24) is 10.2 Å². The summed E-state index contributed by atoms with van der Waals surface area (Å²) in [7, 11) is 0. The van der Waals surface area contributed by atoms with Gasteiger partial charge < -0.3 is 10.2 Å². The minimum atomic E-state index is 0.0511. The van der Waals surface area contributed by atoms with Crippen molar-refractivity contribution in [2.45, 2.75) is 38.0 Å². The molecule has 2 atom stereocenters. The number of amides is 1. The van der Waals surface area contributed by atoms with Gasteiger partial charge in [-0.25, -0.2) is 0 Å². The summed E-state index contributed by atoms with van der Waals surface area (Å²) in [6.45, 7) is 9.10. The maximum atomic E-state index is 12.2. The summed E-state index contributed by atoms with van der Waals surface area (Å²) in [4.78, 5) is 15.9. The molecule has 4 heteroatoms. The van der Waals surface area contributed by atoms with Gasteiger partial charge in [0.25, 0.3) is 5.91 Å². The van der Waals surface area contributed by atoms with E-state index >= 15 is 0 Å². The van der Waals surface area contributed by atoms with Gasteiger partial charge in [-0.3, -0.25) is 4.79 Å². The minimum absolute atomic E-state index is 0.0511. The Morgan fingerprint density at radius 3 is 2.61 bits per heavy atom. The average molecular weight is 335 g/mol. The van der Waals surface area contributed by atoms with E-state index in [1.54, 1.807) is 11.8 Å². The number of hydrogen-bond acceptors (Lipinski definition) is 3. The SMILES string of the molecule is CSc1ccccc1C(=O)NCCCCN1C[C@H](C)C[C@H](C)C1. The number of unbranched alkanes of at least 4 members (excludes halogenated alkanes) is 1. The normalized spacial score (nSPS) is 22.0. The molecule has 23 heavy (non-hydrogen) atoms. The van der Waals surface area contributed by atoms with Crippen molar-refractivity contribution in [3.8, 4) is 0 Å². The molecule has 0 spiro atoms. The van der Waals surface area contributed by atoms with Crippen molar-refractivity contribution >= 4 is 17.7 Å². The van der Waals surface area contributed by atoms with Crippen LogP contribution in [0.3, 0.4) is 0 Å². The molecule has 0 aromatic heterocycles. The molecule has 1 saturated heterocycles. The summed E-state index contributed by atoms with van der Waals surface area (Å²) < 4.78 is 0. The highest BCUT2D eigenvalue weighted by atomic mass is 32.2. The Hall–Kier alpha value is -1.00. The van der Waals surface area contributed by atoms with Gasteiger partial charge in [0.2, 0.25) is 0 Å². The Kier molecular flexibility index (Phi) is 7.44. The van der Waals surface area contributed by atoms with E-state index in [1.165, 1.54) is 19.5 Å². The van der Waals surface area contributed by atoms with Crippen molar-refractivity contribution in [2.75, 3.05) is 32.4 Å².